The van der Waals surface area contributed by atoms with Crippen molar-refractivity contribution in [1.29, 1.82) is 0 Å². The van der Waals surface area contributed by atoms with Crippen LogP contribution in [0.4, 0.5) is 0 Å². The van der Waals surface area contributed by atoms with Gasteiger partial charge in [0.15, 0.2) is 0 Å². The van der Waals surface area contributed by atoms with Gasteiger partial charge in [0.2, 0.25) is 15.9 Å². The molecule has 9 nitrogen and oxygen atoms in total. The number of sulfonamides is 1. The third kappa shape index (κ3) is 6.03. The van der Waals surface area contributed by atoms with Gasteiger partial charge in [-0.25, -0.2) is 8.42 Å². The average Bonchev–Trinajstić information content (AvgIpc) is 2.82. The second-order valence-corrected chi connectivity index (χ2v) is 8.79. The molecule has 1 fully saturated rings. The minimum absolute atomic E-state index is 0.0333. The van der Waals surface area contributed by atoms with Gasteiger partial charge in [-0.05, 0) is 35.9 Å². The number of hydrogen-bond donors (Lipinski definition) is 2. The molecule has 2 aromatic rings. The Hall–Kier alpha value is -2.95. The number of morpholine rings is 1. The maximum atomic E-state index is 12.8. The summed E-state index contributed by atoms with van der Waals surface area (Å²) in [6.07, 6.45) is 0. The predicted octanol–water partition coefficient (Wildman–Crippen LogP) is 0.762. The molecule has 1 aliphatic heterocycles. The molecule has 166 valence electrons. The Morgan fingerprint density at radius 2 is 1.77 bits per heavy atom. The maximum Gasteiger partial charge on any atom is 0.251 e. The Balaban J connectivity index is 1.54. The van der Waals surface area contributed by atoms with Gasteiger partial charge in [-0.1, -0.05) is 18.2 Å². The van der Waals surface area contributed by atoms with Gasteiger partial charge in [-0.2, -0.15) is 4.31 Å². The molecule has 2 amide bonds. The van der Waals surface area contributed by atoms with Gasteiger partial charge in [-0.3, -0.25) is 9.59 Å². The van der Waals surface area contributed by atoms with Gasteiger partial charge >= 0.3 is 0 Å². The van der Waals surface area contributed by atoms with Crippen LogP contribution in [0.5, 0.6) is 5.75 Å². The van der Waals surface area contributed by atoms with Crippen LogP contribution in [0.15, 0.2) is 53.4 Å². The van der Waals surface area contributed by atoms with Gasteiger partial charge < -0.3 is 20.1 Å². The van der Waals surface area contributed by atoms with Gasteiger partial charge in [0.25, 0.3) is 5.91 Å². The highest BCUT2D eigenvalue weighted by atomic mass is 32.2. The molecule has 0 atom stereocenters. The summed E-state index contributed by atoms with van der Waals surface area (Å²) in [4.78, 5) is 24.5. The normalized spacial score (nSPS) is 14.6. The van der Waals surface area contributed by atoms with Gasteiger partial charge in [0, 0.05) is 25.2 Å². The third-order valence-corrected chi connectivity index (χ3v) is 6.66. The summed E-state index contributed by atoms with van der Waals surface area (Å²) >= 11 is 0. The first-order valence-electron chi connectivity index (χ1n) is 9.76. The Morgan fingerprint density at radius 1 is 1.06 bits per heavy atom. The highest BCUT2D eigenvalue weighted by molar-refractivity contribution is 7.89. The number of methoxy groups -OCH3 is 1. The molecule has 0 aromatic heterocycles. The van der Waals surface area contributed by atoms with Crippen LogP contribution in [0, 0.1) is 0 Å². The predicted molar refractivity (Wildman–Crippen MR) is 113 cm³/mol. The molecular weight excluding hydrogens is 422 g/mol. The molecule has 0 unspecified atom stereocenters. The van der Waals surface area contributed by atoms with E-state index < -0.39 is 15.9 Å². The summed E-state index contributed by atoms with van der Waals surface area (Å²) in [5.74, 6) is -0.167. The summed E-state index contributed by atoms with van der Waals surface area (Å²) in [5, 5.41) is 5.23. The van der Waals surface area contributed by atoms with Crippen LogP contribution >= 0.6 is 0 Å². The minimum atomic E-state index is -3.71. The van der Waals surface area contributed by atoms with Crippen LogP contribution in [0.1, 0.15) is 15.9 Å². The molecule has 1 saturated heterocycles. The van der Waals surface area contributed by atoms with E-state index in [0.29, 0.717) is 19.8 Å². The first kappa shape index (κ1) is 22.7. The Bertz CT molecular complexity index is 1020. The molecule has 1 heterocycles. The van der Waals surface area contributed by atoms with Crippen LogP contribution in [-0.2, 0) is 26.1 Å². The quantitative estimate of drug-likeness (QED) is 0.618. The second kappa shape index (κ2) is 10.4. The first-order chi connectivity index (χ1) is 14.9. The fourth-order valence-corrected chi connectivity index (χ4v) is 4.46. The van der Waals surface area contributed by atoms with Crippen molar-refractivity contribution in [3.05, 3.63) is 59.7 Å². The summed E-state index contributed by atoms with van der Waals surface area (Å²) in [5.41, 5.74) is 1.05. The monoisotopic (exact) mass is 447 g/mol. The smallest absolute Gasteiger partial charge is 0.251 e. The SMILES string of the molecule is COc1ccc(CNC(=O)CNC(=O)c2cccc(S(=O)(=O)N3CCOCC3)c2)cc1. The number of rotatable bonds is 8. The van der Waals surface area contributed by atoms with Gasteiger partial charge in [0.1, 0.15) is 5.75 Å². The number of carbonyl (C=O) groups excluding carboxylic acids is 2. The molecule has 2 aromatic carbocycles. The van der Waals surface area contributed by atoms with E-state index >= 15 is 0 Å². The number of benzene rings is 2. The Labute approximate surface area is 181 Å². The van der Waals surface area contributed by atoms with Crippen molar-refractivity contribution in [3.63, 3.8) is 0 Å². The fraction of sp³-hybridized carbons (Fsp3) is 0.333. The molecule has 2 N–H and O–H groups in total. The van der Waals surface area contributed by atoms with Crippen molar-refractivity contribution >= 4 is 21.8 Å². The van der Waals surface area contributed by atoms with E-state index in [4.69, 9.17) is 9.47 Å². The molecule has 10 heteroatoms. The van der Waals surface area contributed by atoms with Crippen LogP contribution in [0.3, 0.4) is 0 Å². The van der Waals surface area contributed by atoms with E-state index in [1.165, 1.54) is 28.6 Å². The highest BCUT2D eigenvalue weighted by Crippen LogP contribution is 2.18. The number of nitrogens with zero attached hydrogens (tertiary/aromatic N) is 1. The topological polar surface area (TPSA) is 114 Å². The lowest BCUT2D eigenvalue weighted by Gasteiger charge is -2.26. The van der Waals surface area contributed by atoms with Crippen LogP contribution in [-0.4, -0.2) is 64.5 Å². The van der Waals surface area contributed by atoms with E-state index in [0.717, 1.165) is 11.3 Å². The third-order valence-electron chi connectivity index (χ3n) is 4.76. The summed E-state index contributed by atoms with van der Waals surface area (Å²) in [6, 6.07) is 13.0. The zero-order chi connectivity index (χ0) is 22.3. The lowest BCUT2D eigenvalue weighted by Crippen LogP contribution is -2.40. The standard InChI is InChI=1S/C21H25N3O6S/c1-29-18-7-5-16(6-8-18)14-22-20(25)15-23-21(26)17-3-2-4-19(13-17)31(27,28)24-9-11-30-12-10-24/h2-8,13H,9-12,14-15H2,1H3,(H,22,25)(H,23,26). The maximum absolute atomic E-state index is 12.8. The molecule has 0 saturated carbocycles. The van der Waals surface area contributed by atoms with E-state index in [2.05, 4.69) is 10.6 Å². The van der Waals surface area contributed by atoms with Gasteiger partial charge in [0.05, 0.1) is 31.8 Å². The van der Waals surface area contributed by atoms with E-state index in [1.807, 2.05) is 12.1 Å². The molecule has 0 aliphatic carbocycles. The van der Waals surface area contributed by atoms with Crippen molar-refractivity contribution in [2.24, 2.45) is 0 Å². The van der Waals surface area contributed by atoms with Crippen molar-refractivity contribution in [1.82, 2.24) is 14.9 Å². The summed E-state index contributed by atoms with van der Waals surface area (Å²) in [7, 11) is -2.13. The van der Waals surface area contributed by atoms with Crippen molar-refractivity contribution < 1.29 is 27.5 Å². The van der Waals surface area contributed by atoms with E-state index in [9.17, 15) is 18.0 Å². The van der Waals surface area contributed by atoms with Crippen molar-refractivity contribution in [2.75, 3.05) is 40.0 Å². The van der Waals surface area contributed by atoms with Crippen molar-refractivity contribution in [2.45, 2.75) is 11.4 Å². The van der Waals surface area contributed by atoms with Crippen molar-refractivity contribution in [3.8, 4) is 5.75 Å². The largest absolute Gasteiger partial charge is 0.497 e. The lowest BCUT2D eigenvalue weighted by molar-refractivity contribution is -0.120. The van der Waals surface area contributed by atoms with E-state index in [1.54, 1.807) is 19.2 Å². The lowest BCUT2D eigenvalue weighted by atomic mass is 10.2. The second-order valence-electron chi connectivity index (χ2n) is 6.85. The fourth-order valence-electron chi connectivity index (χ4n) is 3.00. The molecule has 1 aliphatic rings. The molecular formula is C21H25N3O6S. The molecule has 3 rings (SSSR count). The number of carbonyl (C=O) groups is 2. The number of amides is 2. The minimum Gasteiger partial charge on any atom is -0.497 e. The molecule has 0 spiro atoms. The molecule has 0 radical (unpaired) electrons. The van der Waals surface area contributed by atoms with Crippen LogP contribution in [0.2, 0.25) is 0 Å². The zero-order valence-corrected chi connectivity index (χ0v) is 18.0. The van der Waals surface area contributed by atoms with Gasteiger partial charge in [-0.15, -0.1) is 0 Å². The first-order valence-corrected chi connectivity index (χ1v) is 11.2. The summed E-state index contributed by atoms with van der Waals surface area (Å²) < 4.78 is 37.1. The number of ether oxygens (including phenoxy) is 2. The Kier molecular flexibility index (Phi) is 7.61. The molecule has 0 bridgehead atoms. The number of hydrogen-bond acceptors (Lipinski definition) is 6. The molecule has 31 heavy (non-hydrogen) atoms. The highest BCUT2D eigenvalue weighted by Gasteiger charge is 2.26. The average molecular weight is 448 g/mol. The summed E-state index contributed by atoms with van der Waals surface area (Å²) in [6.45, 7) is 1.30. The Morgan fingerprint density at radius 3 is 2.45 bits per heavy atom. The van der Waals surface area contributed by atoms with E-state index in [-0.39, 0.29) is 36.0 Å². The van der Waals surface area contributed by atoms with Crippen LogP contribution in [0.25, 0.3) is 0 Å². The number of nitrogens with one attached hydrogen (secondary N) is 2. The zero-order valence-electron chi connectivity index (χ0n) is 17.2. The van der Waals surface area contributed by atoms with Crippen LogP contribution < -0.4 is 15.4 Å².